The first kappa shape index (κ1) is 16.4. The lowest BCUT2D eigenvalue weighted by molar-refractivity contribution is 0.604. The van der Waals surface area contributed by atoms with E-state index in [9.17, 15) is 8.78 Å². The zero-order valence-electron chi connectivity index (χ0n) is 12.0. The predicted octanol–water partition coefficient (Wildman–Crippen LogP) is 3.59. The molecular weight excluding hydrogens is 352 g/mol. The fourth-order valence-electron chi connectivity index (χ4n) is 1.88. The maximum absolute atomic E-state index is 13.5. The minimum atomic E-state index is -0.311. The maximum atomic E-state index is 13.5. The average Bonchev–Trinajstić information content (AvgIpc) is 2.52. The molecule has 0 saturated carbocycles. The number of benzene rings is 2. The van der Waals surface area contributed by atoms with Gasteiger partial charge in [0.25, 0.3) is 0 Å². The van der Waals surface area contributed by atoms with E-state index in [1.54, 1.807) is 31.3 Å². The Bertz CT molecular complexity index is 674. The van der Waals surface area contributed by atoms with E-state index in [0.29, 0.717) is 29.1 Å². The van der Waals surface area contributed by atoms with E-state index >= 15 is 0 Å². The van der Waals surface area contributed by atoms with Crippen molar-refractivity contribution in [3.63, 3.8) is 0 Å². The minimum Gasteiger partial charge on any atom is -0.352 e. The summed E-state index contributed by atoms with van der Waals surface area (Å²) in [6.45, 7) is 0.738. The molecule has 0 saturated heterocycles. The summed E-state index contributed by atoms with van der Waals surface area (Å²) in [4.78, 5) is 4.06. The Morgan fingerprint density at radius 2 is 1.77 bits per heavy atom. The van der Waals surface area contributed by atoms with Crippen LogP contribution in [0.5, 0.6) is 0 Å². The Balaban J connectivity index is 1.90. The molecule has 22 heavy (non-hydrogen) atoms. The fraction of sp³-hybridized carbons (Fsp3) is 0.188. The first-order valence-corrected chi connectivity index (χ1v) is 7.51. The fourth-order valence-corrected chi connectivity index (χ4v) is 2.12. The van der Waals surface area contributed by atoms with Crippen LogP contribution < -0.4 is 10.6 Å². The monoisotopic (exact) mass is 367 g/mol. The second-order valence-corrected chi connectivity index (χ2v) is 5.47. The van der Waals surface area contributed by atoms with Gasteiger partial charge in [0, 0.05) is 25.7 Å². The van der Waals surface area contributed by atoms with Crippen LogP contribution in [-0.2, 0) is 13.1 Å². The van der Waals surface area contributed by atoms with Gasteiger partial charge in [-0.2, -0.15) is 0 Å². The predicted molar refractivity (Wildman–Crippen MR) is 87.5 cm³/mol. The van der Waals surface area contributed by atoms with Gasteiger partial charge in [-0.3, -0.25) is 4.99 Å². The van der Waals surface area contributed by atoms with Crippen LogP contribution in [0.3, 0.4) is 0 Å². The van der Waals surface area contributed by atoms with Gasteiger partial charge < -0.3 is 10.6 Å². The molecule has 2 aromatic carbocycles. The van der Waals surface area contributed by atoms with Crippen molar-refractivity contribution in [2.24, 2.45) is 4.99 Å². The summed E-state index contributed by atoms with van der Waals surface area (Å²) in [5.74, 6) is -0.0550. The second-order valence-electron chi connectivity index (χ2n) is 4.62. The molecule has 0 aliphatic heterocycles. The first-order chi connectivity index (χ1) is 10.6. The number of nitrogens with one attached hydrogen (secondary N) is 2. The number of halogens is 3. The SMILES string of the molecule is CN=C(NCc1ccc(Br)c(F)c1)NCc1ccccc1F. The molecule has 0 atom stereocenters. The van der Waals surface area contributed by atoms with Crippen molar-refractivity contribution in [3.05, 3.63) is 69.7 Å². The van der Waals surface area contributed by atoms with Gasteiger partial charge in [-0.15, -0.1) is 0 Å². The highest BCUT2D eigenvalue weighted by molar-refractivity contribution is 9.10. The lowest BCUT2D eigenvalue weighted by Crippen LogP contribution is -2.36. The topological polar surface area (TPSA) is 36.4 Å². The third-order valence-electron chi connectivity index (χ3n) is 3.07. The molecule has 2 rings (SSSR count). The van der Waals surface area contributed by atoms with E-state index in [4.69, 9.17) is 0 Å². The number of rotatable bonds is 4. The summed E-state index contributed by atoms with van der Waals surface area (Å²) in [5.41, 5.74) is 1.34. The molecule has 2 aromatic rings. The molecule has 0 aliphatic rings. The Morgan fingerprint density at radius 1 is 1.05 bits per heavy atom. The average molecular weight is 368 g/mol. The van der Waals surface area contributed by atoms with Crippen molar-refractivity contribution < 1.29 is 8.78 Å². The number of hydrogen-bond acceptors (Lipinski definition) is 1. The van der Waals surface area contributed by atoms with Gasteiger partial charge in [0.2, 0.25) is 0 Å². The van der Waals surface area contributed by atoms with Crippen molar-refractivity contribution in [1.82, 2.24) is 10.6 Å². The molecule has 0 fully saturated rings. The van der Waals surface area contributed by atoms with Crippen LogP contribution in [-0.4, -0.2) is 13.0 Å². The lowest BCUT2D eigenvalue weighted by atomic mass is 10.2. The molecule has 0 unspecified atom stereocenters. The molecule has 0 bridgehead atoms. The molecule has 0 spiro atoms. The van der Waals surface area contributed by atoms with Crippen molar-refractivity contribution >= 4 is 21.9 Å². The molecule has 6 heteroatoms. The third kappa shape index (κ3) is 4.53. The van der Waals surface area contributed by atoms with Crippen LogP contribution in [0.1, 0.15) is 11.1 Å². The smallest absolute Gasteiger partial charge is 0.191 e. The van der Waals surface area contributed by atoms with Gasteiger partial charge in [-0.1, -0.05) is 24.3 Å². The van der Waals surface area contributed by atoms with Gasteiger partial charge >= 0.3 is 0 Å². The number of hydrogen-bond donors (Lipinski definition) is 2. The van der Waals surface area contributed by atoms with Crippen molar-refractivity contribution in [1.29, 1.82) is 0 Å². The Morgan fingerprint density at radius 3 is 2.45 bits per heavy atom. The van der Waals surface area contributed by atoms with Crippen LogP contribution in [0.15, 0.2) is 51.9 Å². The molecule has 0 heterocycles. The summed E-state index contributed by atoms with van der Waals surface area (Å²) in [6.07, 6.45) is 0. The Hall–Kier alpha value is -1.95. The van der Waals surface area contributed by atoms with Crippen molar-refractivity contribution in [3.8, 4) is 0 Å². The van der Waals surface area contributed by atoms with Gasteiger partial charge in [-0.25, -0.2) is 8.78 Å². The van der Waals surface area contributed by atoms with Gasteiger partial charge in [-0.05, 0) is 39.7 Å². The molecular formula is C16H16BrF2N3. The van der Waals surface area contributed by atoms with Crippen molar-refractivity contribution in [2.45, 2.75) is 13.1 Å². The van der Waals surface area contributed by atoms with E-state index in [2.05, 4.69) is 31.6 Å². The van der Waals surface area contributed by atoms with E-state index < -0.39 is 0 Å². The standard InChI is InChI=1S/C16H16BrF2N3/c1-20-16(22-10-12-4-2-3-5-14(12)18)21-9-11-6-7-13(17)15(19)8-11/h2-8H,9-10H2,1H3,(H2,20,21,22). The molecule has 0 aromatic heterocycles. The lowest BCUT2D eigenvalue weighted by Gasteiger charge is -2.12. The highest BCUT2D eigenvalue weighted by Crippen LogP contribution is 2.16. The zero-order chi connectivity index (χ0) is 15.9. The third-order valence-corrected chi connectivity index (χ3v) is 3.71. The number of nitrogens with zero attached hydrogens (tertiary/aromatic N) is 1. The van der Waals surface area contributed by atoms with E-state index in [0.717, 1.165) is 5.56 Å². The molecule has 0 aliphatic carbocycles. The van der Waals surface area contributed by atoms with Crippen LogP contribution >= 0.6 is 15.9 Å². The highest BCUT2D eigenvalue weighted by Gasteiger charge is 2.04. The quantitative estimate of drug-likeness (QED) is 0.639. The maximum Gasteiger partial charge on any atom is 0.191 e. The van der Waals surface area contributed by atoms with E-state index in [-0.39, 0.29) is 11.6 Å². The van der Waals surface area contributed by atoms with Gasteiger partial charge in [0.15, 0.2) is 5.96 Å². The van der Waals surface area contributed by atoms with Gasteiger partial charge in [0.05, 0.1) is 4.47 Å². The first-order valence-electron chi connectivity index (χ1n) is 6.72. The molecule has 116 valence electrons. The van der Waals surface area contributed by atoms with E-state index in [1.807, 2.05) is 6.07 Å². The molecule has 2 N–H and O–H groups in total. The molecule has 0 radical (unpaired) electrons. The minimum absolute atomic E-state index is 0.263. The molecule has 3 nitrogen and oxygen atoms in total. The summed E-state index contributed by atoms with van der Waals surface area (Å²) >= 11 is 3.11. The van der Waals surface area contributed by atoms with Crippen LogP contribution in [0.25, 0.3) is 0 Å². The summed E-state index contributed by atoms with van der Waals surface area (Å²) in [6, 6.07) is 11.5. The van der Waals surface area contributed by atoms with Crippen LogP contribution in [0.2, 0.25) is 0 Å². The van der Waals surface area contributed by atoms with E-state index in [1.165, 1.54) is 12.1 Å². The second kappa shape index (κ2) is 7.89. The number of guanidine groups is 1. The normalized spacial score (nSPS) is 11.4. The molecule has 0 amide bonds. The van der Waals surface area contributed by atoms with Gasteiger partial charge in [0.1, 0.15) is 11.6 Å². The summed E-state index contributed by atoms with van der Waals surface area (Å²) in [5, 5.41) is 6.08. The van der Waals surface area contributed by atoms with Crippen LogP contribution in [0.4, 0.5) is 8.78 Å². The summed E-state index contributed by atoms with van der Waals surface area (Å²) < 4.78 is 27.4. The van der Waals surface area contributed by atoms with Crippen molar-refractivity contribution in [2.75, 3.05) is 7.05 Å². The number of aliphatic imine (C=N–C) groups is 1. The highest BCUT2D eigenvalue weighted by atomic mass is 79.9. The summed E-state index contributed by atoms with van der Waals surface area (Å²) in [7, 11) is 1.62. The zero-order valence-corrected chi connectivity index (χ0v) is 13.6. The largest absolute Gasteiger partial charge is 0.352 e. The Labute approximate surface area is 136 Å². The Kier molecular flexibility index (Phi) is 5.89. The van der Waals surface area contributed by atoms with Crippen LogP contribution in [0, 0.1) is 11.6 Å².